The Morgan fingerprint density at radius 2 is 2.22 bits per heavy atom. The second-order valence-corrected chi connectivity index (χ2v) is 5.87. The lowest BCUT2D eigenvalue weighted by Gasteiger charge is -2.28. The maximum absolute atomic E-state index is 13.3. The highest BCUT2D eigenvalue weighted by Gasteiger charge is 2.30. The largest absolute Gasteiger partial charge is 0.310 e. The average Bonchev–Trinajstić information content (AvgIpc) is 2.67. The van der Waals surface area contributed by atoms with Gasteiger partial charge in [-0.15, -0.1) is 0 Å². The van der Waals surface area contributed by atoms with E-state index in [0.29, 0.717) is 12.0 Å². The van der Waals surface area contributed by atoms with Gasteiger partial charge < -0.3 is 5.32 Å². The molecular weight excluding hydrogens is 225 g/mol. The second kappa shape index (κ2) is 4.51. The molecule has 96 valence electrons. The average molecular weight is 245 g/mol. The number of rotatable bonds is 2. The lowest BCUT2D eigenvalue weighted by molar-refractivity contribution is 0.449. The smallest absolute Gasteiger partial charge is 0.123 e. The molecule has 0 spiro atoms. The van der Waals surface area contributed by atoms with Crippen molar-refractivity contribution in [3.05, 3.63) is 40.7 Å². The van der Waals surface area contributed by atoms with E-state index < -0.39 is 0 Å². The zero-order valence-corrected chi connectivity index (χ0v) is 11.1. The number of halogens is 1. The van der Waals surface area contributed by atoms with Gasteiger partial charge in [0.25, 0.3) is 0 Å². The Labute approximate surface area is 108 Å². The summed E-state index contributed by atoms with van der Waals surface area (Å²) in [5.74, 6) is 0.580. The van der Waals surface area contributed by atoms with Crippen LogP contribution in [0.25, 0.3) is 5.57 Å². The molecule has 1 aliphatic heterocycles. The Bertz CT molecular complexity index is 502. The van der Waals surface area contributed by atoms with Gasteiger partial charge >= 0.3 is 0 Å². The Balaban J connectivity index is 1.95. The molecule has 0 fully saturated rings. The first-order valence-corrected chi connectivity index (χ1v) is 6.89. The van der Waals surface area contributed by atoms with Crippen LogP contribution in [0.4, 0.5) is 4.39 Å². The molecule has 2 aliphatic rings. The molecule has 18 heavy (non-hydrogen) atoms. The highest BCUT2D eigenvalue weighted by atomic mass is 19.1. The first-order valence-electron chi connectivity index (χ1n) is 6.89. The van der Waals surface area contributed by atoms with Crippen LogP contribution in [0.1, 0.15) is 37.8 Å². The quantitative estimate of drug-likeness (QED) is 0.840. The molecule has 1 aromatic carbocycles. The summed E-state index contributed by atoms with van der Waals surface area (Å²) in [4.78, 5) is 0. The van der Waals surface area contributed by atoms with Crippen molar-refractivity contribution < 1.29 is 4.39 Å². The summed E-state index contributed by atoms with van der Waals surface area (Å²) >= 11 is 0. The van der Waals surface area contributed by atoms with Crippen molar-refractivity contribution in [3.63, 3.8) is 0 Å². The number of hydrogen-bond acceptors (Lipinski definition) is 1. The predicted octanol–water partition coefficient (Wildman–Crippen LogP) is 3.54. The topological polar surface area (TPSA) is 12.0 Å². The van der Waals surface area contributed by atoms with Gasteiger partial charge in [-0.2, -0.15) is 0 Å². The molecule has 2 heteroatoms. The highest BCUT2D eigenvalue weighted by Crippen LogP contribution is 2.39. The minimum atomic E-state index is -0.109. The van der Waals surface area contributed by atoms with Crippen LogP contribution in [-0.4, -0.2) is 12.6 Å². The van der Waals surface area contributed by atoms with Gasteiger partial charge in [0.1, 0.15) is 5.82 Å². The zero-order valence-electron chi connectivity index (χ0n) is 11.1. The van der Waals surface area contributed by atoms with Gasteiger partial charge in [0.2, 0.25) is 0 Å². The summed E-state index contributed by atoms with van der Waals surface area (Å²) in [7, 11) is 0. The van der Waals surface area contributed by atoms with E-state index >= 15 is 0 Å². The first kappa shape index (κ1) is 11.9. The lowest BCUT2D eigenvalue weighted by atomic mass is 9.89. The van der Waals surface area contributed by atoms with Crippen LogP contribution >= 0.6 is 0 Å². The van der Waals surface area contributed by atoms with Crippen molar-refractivity contribution in [1.82, 2.24) is 5.32 Å². The molecule has 0 saturated carbocycles. The number of fused-ring (bicyclic) bond motifs is 2. The van der Waals surface area contributed by atoms with Gasteiger partial charge in [-0.3, -0.25) is 0 Å². The Kier molecular flexibility index (Phi) is 2.98. The van der Waals surface area contributed by atoms with Crippen LogP contribution in [0, 0.1) is 11.7 Å². The fourth-order valence-electron chi connectivity index (χ4n) is 3.31. The third-order valence-electron chi connectivity index (χ3n) is 4.05. The minimum Gasteiger partial charge on any atom is -0.310 e. The van der Waals surface area contributed by atoms with E-state index in [1.807, 2.05) is 6.07 Å². The predicted molar refractivity (Wildman–Crippen MR) is 72.9 cm³/mol. The first-order chi connectivity index (χ1) is 8.65. The van der Waals surface area contributed by atoms with Crippen molar-refractivity contribution in [3.8, 4) is 0 Å². The molecule has 1 aliphatic carbocycles. The summed E-state index contributed by atoms with van der Waals surface area (Å²) < 4.78 is 13.3. The monoisotopic (exact) mass is 245 g/mol. The van der Waals surface area contributed by atoms with Crippen LogP contribution in [0.2, 0.25) is 0 Å². The molecule has 1 N–H and O–H groups in total. The van der Waals surface area contributed by atoms with E-state index in [4.69, 9.17) is 0 Å². The van der Waals surface area contributed by atoms with Crippen molar-refractivity contribution >= 4 is 5.57 Å². The molecule has 0 bridgehead atoms. The number of nitrogens with one attached hydrogen (secondary N) is 1. The van der Waals surface area contributed by atoms with Crippen molar-refractivity contribution in [2.24, 2.45) is 5.92 Å². The fourth-order valence-corrected chi connectivity index (χ4v) is 3.31. The molecule has 1 heterocycles. The van der Waals surface area contributed by atoms with Crippen molar-refractivity contribution in [2.75, 3.05) is 6.54 Å². The van der Waals surface area contributed by atoms with E-state index in [1.54, 1.807) is 12.1 Å². The van der Waals surface area contributed by atoms with Gasteiger partial charge in [0, 0.05) is 6.04 Å². The summed E-state index contributed by atoms with van der Waals surface area (Å²) in [6.07, 6.45) is 3.20. The second-order valence-electron chi connectivity index (χ2n) is 5.87. The van der Waals surface area contributed by atoms with Gasteiger partial charge in [0.15, 0.2) is 0 Å². The number of benzene rings is 1. The van der Waals surface area contributed by atoms with Gasteiger partial charge in [0.05, 0.1) is 0 Å². The maximum Gasteiger partial charge on any atom is 0.123 e. The van der Waals surface area contributed by atoms with Crippen LogP contribution in [0.15, 0.2) is 23.8 Å². The molecule has 0 saturated heterocycles. The van der Waals surface area contributed by atoms with E-state index in [2.05, 4.69) is 19.2 Å². The van der Waals surface area contributed by atoms with Crippen LogP contribution in [0.3, 0.4) is 0 Å². The molecule has 3 rings (SSSR count). The van der Waals surface area contributed by atoms with Crippen molar-refractivity contribution in [2.45, 2.75) is 39.2 Å². The Morgan fingerprint density at radius 1 is 1.39 bits per heavy atom. The Morgan fingerprint density at radius 3 is 3.00 bits per heavy atom. The minimum absolute atomic E-state index is 0.109. The molecule has 1 aromatic rings. The highest BCUT2D eigenvalue weighted by molar-refractivity contribution is 5.78. The maximum atomic E-state index is 13.3. The molecule has 1 atom stereocenters. The van der Waals surface area contributed by atoms with E-state index in [-0.39, 0.29) is 5.82 Å². The van der Waals surface area contributed by atoms with Gasteiger partial charge in [-0.05, 0) is 66.1 Å². The van der Waals surface area contributed by atoms with Crippen molar-refractivity contribution in [1.29, 1.82) is 0 Å². The Hall–Kier alpha value is -1.15. The molecule has 1 unspecified atom stereocenters. The van der Waals surface area contributed by atoms with Gasteiger partial charge in [-0.25, -0.2) is 4.39 Å². The summed E-state index contributed by atoms with van der Waals surface area (Å²) in [5, 5.41) is 3.62. The summed E-state index contributed by atoms with van der Waals surface area (Å²) in [5.41, 5.74) is 5.46. The molecule has 0 aromatic heterocycles. The molecule has 1 nitrogen and oxygen atoms in total. The molecule has 0 radical (unpaired) electrons. The van der Waals surface area contributed by atoms with E-state index in [1.165, 1.54) is 28.7 Å². The van der Waals surface area contributed by atoms with Crippen LogP contribution in [0.5, 0.6) is 0 Å². The fraction of sp³-hybridized carbons (Fsp3) is 0.500. The molecular formula is C16H20FN. The SMILES string of the molecule is CC(C)CC1NCCC2=C1Cc1cc(F)ccc12. The standard InChI is InChI=1S/C16H20FN/c1-10(2)7-16-15-9-11-8-12(17)3-4-13(11)14(15)5-6-18-16/h3-4,8,10,16,18H,5-7,9H2,1-2H3. The normalized spacial score (nSPS) is 22.3. The zero-order chi connectivity index (χ0) is 12.7. The van der Waals surface area contributed by atoms with E-state index in [9.17, 15) is 4.39 Å². The third-order valence-corrected chi connectivity index (χ3v) is 4.05. The summed E-state index contributed by atoms with van der Waals surface area (Å²) in [6.45, 7) is 5.57. The molecule has 0 amide bonds. The van der Waals surface area contributed by atoms with E-state index in [0.717, 1.165) is 19.4 Å². The van der Waals surface area contributed by atoms with Crippen LogP contribution in [-0.2, 0) is 6.42 Å². The third kappa shape index (κ3) is 1.99. The summed E-state index contributed by atoms with van der Waals surface area (Å²) in [6, 6.07) is 5.75. The number of hydrogen-bond donors (Lipinski definition) is 1. The van der Waals surface area contributed by atoms with Crippen LogP contribution < -0.4 is 5.32 Å². The van der Waals surface area contributed by atoms with Gasteiger partial charge in [-0.1, -0.05) is 19.9 Å². The lowest BCUT2D eigenvalue weighted by Crippen LogP contribution is -2.36.